The third-order valence-corrected chi connectivity index (χ3v) is 14.7. The maximum atomic E-state index is 16.0. The van der Waals surface area contributed by atoms with Crippen molar-refractivity contribution in [2.75, 3.05) is 6.61 Å². The van der Waals surface area contributed by atoms with Crippen molar-refractivity contribution in [2.45, 2.75) is 108 Å². The van der Waals surface area contributed by atoms with Crippen molar-refractivity contribution in [3.8, 4) is 0 Å². The zero-order valence-corrected chi connectivity index (χ0v) is 39.8. The van der Waals surface area contributed by atoms with Gasteiger partial charge in [0.25, 0.3) is 5.91 Å². The summed E-state index contributed by atoms with van der Waals surface area (Å²) in [7, 11) is 0. The molecule has 17 nitrogen and oxygen atoms in total. The Morgan fingerprint density at radius 3 is 1.75 bits per heavy atom. The summed E-state index contributed by atoms with van der Waals surface area (Å²) in [6, 6.07) is 30.3. The number of ether oxygens (including phenoxy) is 6. The maximum absolute atomic E-state index is 16.0. The Bertz CT molecular complexity index is 2750. The Hall–Kier alpha value is -7.05. The van der Waals surface area contributed by atoms with Crippen molar-refractivity contribution in [1.82, 2.24) is 5.32 Å². The van der Waals surface area contributed by atoms with Crippen molar-refractivity contribution >= 4 is 41.5 Å². The van der Waals surface area contributed by atoms with Crippen molar-refractivity contribution in [3.63, 3.8) is 0 Å². The number of hydrogen-bond acceptors (Lipinski definition) is 16. The number of aliphatic hydroxyl groups excluding tert-OH is 2. The van der Waals surface area contributed by atoms with Gasteiger partial charge in [-0.3, -0.25) is 19.2 Å². The molecule has 0 aromatic heterocycles. The lowest BCUT2D eigenvalue weighted by Crippen LogP contribution is -2.85. The fourth-order valence-corrected chi connectivity index (χ4v) is 11.1. The SMILES string of the molecule is CC(=O)O[C@H]1C(=O)[C@]2(C)[C@H](O)[C@H](OC(=O)c3ccccc3)[C@H]3OC[C@@]3(OC(C)=O)[C@H]2[C@H](OC(=O)c2ccccc2)[C@]2(O)C[C@H](OC(=O)[C@H](O)[C@@H](NC(=O)c3ccccc3)c3ccccc3)C(C)=C1C2(C)C. The van der Waals surface area contributed by atoms with E-state index in [4.69, 9.17) is 28.4 Å². The highest BCUT2D eigenvalue weighted by atomic mass is 16.7. The number of hydrogen-bond donors (Lipinski definition) is 4. The van der Waals surface area contributed by atoms with E-state index in [0.717, 1.165) is 13.8 Å². The Balaban J connectivity index is 1.30. The van der Waals surface area contributed by atoms with E-state index in [0.29, 0.717) is 5.56 Å². The van der Waals surface area contributed by atoms with E-state index < -0.39 is 131 Å². The first kappa shape index (κ1) is 50.3. The fraction of sp³-hybridized carbons (Fsp3) is 0.389. The topological polar surface area (TPSA) is 248 Å². The van der Waals surface area contributed by atoms with Crippen LogP contribution in [-0.2, 0) is 47.6 Å². The van der Waals surface area contributed by atoms with Crippen LogP contribution in [0, 0.1) is 16.7 Å². The Kier molecular flexibility index (Phi) is 13.7. The minimum absolute atomic E-state index is 0.00545. The monoisotopic (exact) mass is 973 g/mol. The van der Waals surface area contributed by atoms with Gasteiger partial charge in [-0.1, -0.05) is 98.8 Å². The molecule has 0 radical (unpaired) electrons. The molecule has 17 heteroatoms. The van der Waals surface area contributed by atoms with Gasteiger partial charge in [-0.2, -0.15) is 0 Å². The molecule has 4 aromatic rings. The number of fused-ring (bicyclic) bond motifs is 5. The molecular weight excluding hydrogens is 919 g/mol. The van der Waals surface area contributed by atoms with Crippen LogP contribution in [0.1, 0.15) is 90.6 Å². The van der Waals surface area contributed by atoms with Crippen LogP contribution in [0.5, 0.6) is 0 Å². The predicted molar refractivity (Wildman–Crippen MR) is 249 cm³/mol. The minimum Gasteiger partial charge on any atom is -0.456 e. The van der Waals surface area contributed by atoms with Gasteiger partial charge in [0.1, 0.15) is 30.0 Å². The molecule has 372 valence electrons. The number of amides is 1. The molecule has 1 saturated heterocycles. The van der Waals surface area contributed by atoms with Gasteiger partial charge >= 0.3 is 29.8 Å². The summed E-state index contributed by atoms with van der Waals surface area (Å²) in [4.78, 5) is 99.2. The summed E-state index contributed by atoms with van der Waals surface area (Å²) in [5.41, 5.74) is -8.33. The van der Waals surface area contributed by atoms with Crippen LogP contribution in [0.25, 0.3) is 0 Å². The molecular formula is C54H55NO16. The largest absolute Gasteiger partial charge is 0.456 e. The molecule has 1 amide bonds. The molecule has 2 saturated carbocycles. The van der Waals surface area contributed by atoms with Gasteiger partial charge < -0.3 is 49.1 Å². The second-order valence-electron chi connectivity index (χ2n) is 19.2. The van der Waals surface area contributed by atoms with Gasteiger partial charge in [0.05, 0.1) is 35.1 Å². The lowest BCUT2D eigenvalue weighted by molar-refractivity contribution is -0.368. The fourth-order valence-electron chi connectivity index (χ4n) is 11.1. The predicted octanol–water partition coefficient (Wildman–Crippen LogP) is 4.57. The summed E-state index contributed by atoms with van der Waals surface area (Å²) in [5, 5.41) is 41.4. The maximum Gasteiger partial charge on any atom is 0.338 e. The molecule has 1 aliphatic heterocycles. The number of ketones is 1. The van der Waals surface area contributed by atoms with E-state index >= 15 is 4.79 Å². The first-order chi connectivity index (χ1) is 33.7. The Labute approximate surface area is 409 Å². The molecule has 4 aromatic carbocycles. The highest BCUT2D eigenvalue weighted by Gasteiger charge is 2.81. The summed E-state index contributed by atoms with van der Waals surface area (Å²) in [6.07, 6.45) is -13.8. The van der Waals surface area contributed by atoms with Crippen LogP contribution in [-0.4, -0.2) is 117 Å². The first-order valence-corrected chi connectivity index (χ1v) is 23.1. The molecule has 4 N–H and O–H groups in total. The lowest BCUT2D eigenvalue weighted by Gasteiger charge is -2.68. The van der Waals surface area contributed by atoms with Crippen LogP contribution in [0.3, 0.4) is 0 Å². The van der Waals surface area contributed by atoms with Crippen molar-refractivity contribution in [3.05, 3.63) is 155 Å². The minimum atomic E-state index is -2.55. The molecule has 0 spiro atoms. The molecule has 0 unspecified atom stereocenters. The highest BCUT2D eigenvalue weighted by Crippen LogP contribution is 2.65. The van der Waals surface area contributed by atoms with Crippen LogP contribution < -0.4 is 5.32 Å². The van der Waals surface area contributed by atoms with Crippen LogP contribution >= 0.6 is 0 Å². The highest BCUT2D eigenvalue weighted by molar-refractivity contribution is 5.97. The van der Waals surface area contributed by atoms with Gasteiger partial charge in [-0.05, 0) is 67.0 Å². The molecule has 71 heavy (non-hydrogen) atoms. The van der Waals surface area contributed by atoms with E-state index in [1.807, 2.05) is 0 Å². The zero-order valence-electron chi connectivity index (χ0n) is 39.8. The van der Waals surface area contributed by atoms with E-state index in [-0.39, 0.29) is 27.8 Å². The summed E-state index contributed by atoms with van der Waals surface area (Å²) in [6.45, 7) is 7.33. The van der Waals surface area contributed by atoms with Gasteiger partial charge in [-0.15, -0.1) is 0 Å². The number of benzene rings is 4. The number of nitrogens with one attached hydrogen (secondary N) is 1. The van der Waals surface area contributed by atoms with E-state index in [1.54, 1.807) is 97.1 Å². The van der Waals surface area contributed by atoms with Gasteiger partial charge in [-0.25, -0.2) is 14.4 Å². The Morgan fingerprint density at radius 1 is 0.718 bits per heavy atom. The number of esters is 5. The zero-order chi connectivity index (χ0) is 51.2. The third-order valence-electron chi connectivity index (χ3n) is 14.7. The summed E-state index contributed by atoms with van der Waals surface area (Å²) < 4.78 is 36.7. The normalized spacial score (nSPS) is 30.2. The number of rotatable bonds is 12. The first-order valence-electron chi connectivity index (χ1n) is 23.1. The lowest BCUT2D eigenvalue weighted by atomic mass is 9.44. The molecule has 12 atom stereocenters. The van der Waals surface area contributed by atoms with Gasteiger partial charge in [0, 0.05) is 31.2 Å². The number of Topliss-reactive ketones (excluding diaryl/α,β-unsaturated/α-hetero) is 1. The van der Waals surface area contributed by atoms with Gasteiger partial charge in [0.15, 0.2) is 29.7 Å². The number of aliphatic hydroxyl groups is 3. The van der Waals surface area contributed by atoms with Crippen LogP contribution in [0.4, 0.5) is 0 Å². The van der Waals surface area contributed by atoms with Crippen LogP contribution in [0.2, 0.25) is 0 Å². The quantitative estimate of drug-likeness (QED) is 0.0863. The van der Waals surface area contributed by atoms with Crippen molar-refractivity contribution in [2.24, 2.45) is 16.7 Å². The van der Waals surface area contributed by atoms with Crippen molar-refractivity contribution in [1.29, 1.82) is 0 Å². The second-order valence-corrected chi connectivity index (χ2v) is 19.2. The average Bonchev–Trinajstić information content (AvgIpc) is 3.35. The molecule has 3 fully saturated rings. The van der Waals surface area contributed by atoms with E-state index in [2.05, 4.69) is 5.32 Å². The third kappa shape index (κ3) is 8.70. The molecule has 2 bridgehead atoms. The Morgan fingerprint density at radius 2 is 1.24 bits per heavy atom. The van der Waals surface area contributed by atoms with Crippen LogP contribution in [0.15, 0.2) is 132 Å². The number of carbonyl (C=O) groups excluding carboxylic acids is 7. The van der Waals surface area contributed by atoms with E-state index in [1.165, 1.54) is 52.0 Å². The standard InChI is InChI=1S/C54H55NO16/c1-29-36(68-50(64)39(58)38(32-19-11-7-12-20-32)55-47(61)33-21-13-8-14-22-33)27-54(65)46(70-49(63)35-25-17-10-18-26-35)42-52(6,43(59)40(67-30(2)56)37(29)51(54,4)5)44(60)41(45-53(42,28-66-45)71-31(3)57)69-48(62)34-23-15-9-16-24-34/h7-26,36,38-42,44-46,58,60,65H,27-28H2,1-6H3,(H,55,61)/t36-,38-,39+,40+,41-,42-,44+,45+,46-,52+,53+,54+/m0/s1. The number of carbonyl (C=O) groups is 7. The summed E-state index contributed by atoms with van der Waals surface area (Å²) >= 11 is 0. The van der Waals surface area contributed by atoms with E-state index in [9.17, 15) is 44.1 Å². The average molecular weight is 974 g/mol. The summed E-state index contributed by atoms with van der Waals surface area (Å²) in [5.74, 6) is -8.64. The second kappa shape index (κ2) is 19.3. The van der Waals surface area contributed by atoms with Crippen molar-refractivity contribution < 1.29 is 77.3 Å². The smallest absolute Gasteiger partial charge is 0.338 e. The van der Waals surface area contributed by atoms with Gasteiger partial charge in [0.2, 0.25) is 0 Å². The molecule has 1 heterocycles. The molecule has 4 aliphatic rings. The molecule has 3 aliphatic carbocycles. The molecule has 8 rings (SSSR count).